The topological polar surface area (TPSA) is 89.0 Å². The number of nitrogens with zero attached hydrogens (tertiary/aromatic N) is 1. The van der Waals surface area contributed by atoms with Crippen LogP contribution >= 0.6 is 34.5 Å². The van der Waals surface area contributed by atoms with Crippen LogP contribution in [0.25, 0.3) is 0 Å². The van der Waals surface area contributed by atoms with E-state index in [4.69, 9.17) is 32.8 Å². The van der Waals surface area contributed by atoms with Crippen LogP contribution < -0.4 is 15.4 Å². The SMILES string of the molecule is O=C(N[C@@H]1CCNC1=O)Oc1sc(C2=NO[C@@](c3cc(Cl)cc(Cl)c3)(C(F)(F)F)C2)c2c1CCCC2. The van der Waals surface area contributed by atoms with Crippen molar-refractivity contribution >= 4 is 52.3 Å². The van der Waals surface area contributed by atoms with Gasteiger partial charge in [0.25, 0.3) is 5.60 Å². The monoisotopic (exact) mass is 561 g/mol. The predicted octanol–water partition coefficient (Wildman–Crippen LogP) is 5.49. The minimum absolute atomic E-state index is 0.0457. The summed E-state index contributed by atoms with van der Waals surface area (Å²) in [4.78, 5) is 29.9. The maximum Gasteiger partial charge on any atom is 0.435 e. The highest BCUT2D eigenvalue weighted by Gasteiger charge is 2.62. The van der Waals surface area contributed by atoms with Gasteiger partial charge in [0.1, 0.15) is 11.8 Å². The minimum Gasteiger partial charge on any atom is -0.399 e. The zero-order chi connectivity index (χ0) is 25.7. The highest BCUT2D eigenvalue weighted by atomic mass is 35.5. The number of hydrogen-bond acceptors (Lipinski definition) is 6. The Morgan fingerprint density at radius 2 is 1.89 bits per heavy atom. The molecule has 13 heteroatoms. The number of oxime groups is 1. The summed E-state index contributed by atoms with van der Waals surface area (Å²) in [7, 11) is 0. The van der Waals surface area contributed by atoms with Gasteiger partial charge in [-0.2, -0.15) is 13.2 Å². The second kappa shape index (κ2) is 9.42. The number of ether oxygens (including phenoxy) is 1. The molecule has 0 bridgehead atoms. The first-order valence-electron chi connectivity index (χ1n) is 11.3. The quantitative estimate of drug-likeness (QED) is 0.516. The lowest BCUT2D eigenvalue weighted by Crippen LogP contribution is -2.42. The van der Waals surface area contributed by atoms with Crippen LogP contribution in [0.1, 0.15) is 47.3 Å². The average molecular weight is 562 g/mol. The van der Waals surface area contributed by atoms with Crippen LogP contribution in [0, 0.1) is 0 Å². The molecule has 1 aromatic carbocycles. The maximum absolute atomic E-state index is 14.4. The number of alkyl halides is 3. The summed E-state index contributed by atoms with van der Waals surface area (Å²) in [5.74, 6) is -0.289. The Labute approximate surface area is 217 Å². The lowest BCUT2D eigenvalue weighted by atomic mass is 9.86. The fourth-order valence-corrected chi connectivity index (χ4v) is 6.47. The molecule has 7 nitrogen and oxygen atoms in total. The Bertz CT molecular complexity index is 1250. The van der Waals surface area contributed by atoms with E-state index in [0.29, 0.717) is 30.7 Å². The van der Waals surface area contributed by atoms with Crippen molar-refractivity contribution in [3.63, 3.8) is 0 Å². The van der Waals surface area contributed by atoms with Gasteiger partial charge >= 0.3 is 12.3 Å². The molecule has 1 aromatic heterocycles. The van der Waals surface area contributed by atoms with E-state index in [0.717, 1.165) is 35.3 Å². The van der Waals surface area contributed by atoms with Crippen LogP contribution in [0.15, 0.2) is 23.4 Å². The van der Waals surface area contributed by atoms with E-state index < -0.39 is 30.3 Å². The first-order chi connectivity index (χ1) is 17.1. The van der Waals surface area contributed by atoms with Gasteiger partial charge in [-0.25, -0.2) is 4.79 Å². The number of rotatable bonds is 4. The van der Waals surface area contributed by atoms with Gasteiger partial charge in [0.15, 0.2) is 5.06 Å². The number of carbonyl (C=O) groups excluding carboxylic acids is 2. The molecule has 1 fully saturated rings. The predicted molar refractivity (Wildman–Crippen MR) is 128 cm³/mol. The van der Waals surface area contributed by atoms with Gasteiger partial charge in [-0.05, 0) is 55.9 Å². The van der Waals surface area contributed by atoms with Crippen molar-refractivity contribution in [2.45, 2.75) is 56.3 Å². The van der Waals surface area contributed by atoms with E-state index in [-0.39, 0.29) is 32.3 Å². The summed E-state index contributed by atoms with van der Waals surface area (Å²) in [5.41, 5.74) is -1.32. The molecule has 2 aliphatic heterocycles. The number of fused-ring (bicyclic) bond motifs is 1. The minimum atomic E-state index is -4.81. The highest BCUT2D eigenvalue weighted by Crippen LogP contribution is 2.51. The zero-order valence-corrected chi connectivity index (χ0v) is 21.0. The van der Waals surface area contributed by atoms with Crippen LogP contribution in [0.4, 0.5) is 18.0 Å². The molecule has 1 saturated heterocycles. The fraction of sp³-hybridized carbons (Fsp3) is 0.435. The van der Waals surface area contributed by atoms with E-state index in [1.54, 1.807) is 0 Å². The number of carbonyl (C=O) groups is 2. The molecule has 2 N–H and O–H groups in total. The normalized spacial score (nSPS) is 23.5. The van der Waals surface area contributed by atoms with Gasteiger partial charge in [0.05, 0.1) is 11.3 Å². The first kappa shape index (κ1) is 25.2. The summed E-state index contributed by atoms with van der Waals surface area (Å²) in [6.45, 7) is 0.459. The number of amides is 2. The Morgan fingerprint density at radius 3 is 2.53 bits per heavy atom. The van der Waals surface area contributed by atoms with Crippen LogP contribution in [-0.2, 0) is 28.1 Å². The third-order valence-corrected chi connectivity index (χ3v) is 8.12. The molecule has 0 saturated carbocycles. The Morgan fingerprint density at radius 1 is 1.19 bits per heavy atom. The van der Waals surface area contributed by atoms with Crippen LogP contribution in [0.2, 0.25) is 10.0 Å². The molecule has 2 amide bonds. The summed E-state index contributed by atoms with van der Waals surface area (Å²) < 4.78 is 48.7. The van der Waals surface area contributed by atoms with E-state index in [1.165, 1.54) is 18.2 Å². The van der Waals surface area contributed by atoms with Crippen LogP contribution in [-0.4, -0.2) is 36.5 Å². The van der Waals surface area contributed by atoms with E-state index in [2.05, 4.69) is 15.8 Å². The number of thiophene rings is 1. The molecule has 0 radical (unpaired) electrons. The van der Waals surface area contributed by atoms with Crippen LogP contribution in [0.3, 0.4) is 0 Å². The van der Waals surface area contributed by atoms with Crippen LogP contribution in [0.5, 0.6) is 5.06 Å². The third-order valence-electron chi connectivity index (χ3n) is 6.49. The van der Waals surface area contributed by atoms with Gasteiger partial charge in [-0.15, -0.1) is 0 Å². The molecule has 3 heterocycles. The van der Waals surface area contributed by atoms with Crippen molar-refractivity contribution in [2.24, 2.45) is 5.16 Å². The van der Waals surface area contributed by atoms with Gasteiger partial charge in [0, 0.05) is 27.7 Å². The van der Waals surface area contributed by atoms with Gasteiger partial charge in [-0.1, -0.05) is 39.7 Å². The largest absolute Gasteiger partial charge is 0.435 e. The van der Waals surface area contributed by atoms with Crippen molar-refractivity contribution < 1.29 is 32.3 Å². The number of hydrogen-bond donors (Lipinski definition) is 2. The molecular formula is C23H20Cl2F3N3O4S. The molecular weight excluding hydrogens is 542 g/mol. The van der Waals surface area contributed by atoms with Crippen molar-refractivity contribution in [1.29, 1.82) is 0 Å². The van der Waals surface area contributed by atoms with Crippen molar-refractivity contribution in [1.82, 2.24) is 10.6 Å². The summed E-state index contributed by atoms with van der Waals surface area (Å²) in [5, 5.41) is 9.40. The van der Waals surface area contributed by atoms with Gasteiger partial charge in [0.2, 0.25) is 5.91 Å². The second-order valence-corrected chi connectivity index (χ2v) is 10.7. The van der Waals surface area contributed by atoms with E-state index in [1.807, 2.05) is 0 Å². The number of nitrogens with one attached hydrogen (secondary N) is 2. The molecule has 3 aliphatic rings. The molecule has 192 valence electrons. The van der Waals surface area contributed by atoms with Gasteiger partial charge in [-0.3, -0.25) is 4.79 Å². The van der Waals surface area contributed by atoms with E-state index in [9.17, 15) is 22.8 Å². The Hall–Kier alpha value is -2.50. The average Bonchev–Trinajstić information content (AvgIpc) is 3.51. The third kappa shape index (κ3) is 4.52. The molecule has 0 spiro atoms. The fourth-order valence-electron chi connectivity index (χ4n) is 4.71. The number of benzene rings is 1. The van der Waals surface area contributed by atoms with Crippen molar-refractivity contribution in [3.05, 3.63) is 49.8 Å². The lowest BCUT2D eigenvalue weighted by molar-refractivity contribution is -0.275. The highest BCUT2D eigenvalue weighted by molar-refractivity contribution is 7.16. The summed E-state index contributed by atoms with van der Waals surface area (Å²) in [6.07, 6.45) is -2.84. The smallest absolute Gasteiger partial charge is 0.399 e. The first-order valence-corrected chi connectivity index (χ1v) is 12.8. The van der Waals surface area contributed by atoms with Gasteiger partial charge < -0.3 is 20.2 Å². The summed E-state index contributed by atoms with van der Waals surface area (Å²) >= 11 is 13.0. The molecule has 0 unspecified atom stereocenters. The molecule has 1 aliphatic carbocycles. The molecule has 2 aromatic rings. The Balaban J connectivity index is 1.45. The summed E-state index contributed by atoms with van der Waals surface area (Å²) in [6, 6.07) is 2.99. The standard InChI is InChI=1S/C23H20Cl2F3N3O4S/c24-12-7-11(8-13(25)9-12)22(23(26,27)28)10-17(31-35-22)18-14-3-1-2-4-15(14)20(36-18)34-21(33)30-16-5-6-29-19(16)32/h7-9,16H,1-6,10H2,(H,29,32)(H,30,33)/t16-,22+/m1/s1. The molecule has 2 atom stereocenters. The van der Waals surface area contributed by atoms with E-state index >= 15 is 0 Å². The van der Waals surface area contributed by atoms with Crippen molar-refractivity contribution in [2.75, 3.05) is 6.54 Å². The number of halogens is 5. The van der Waals surface area contributed by atoms with Crippen molar-refractivity contribution in [3.8, 4) is 5.06 Å². The second-order valence-electron chi connectivity index (χ2n) is 8.84. The maximum atomic E-state index is 14.4. The lowest BCUT2D eigenvalue weighted by Gasteiger charge is -2.29. The zero-order valence-electron chi connectivity index (χ0n) is 18.6. The Kier molecular flexibility index (Phi) is 6.59. The molecule has 5 rings (SSSR count). The molecule has 36 heavy (non-hydrogen) atoms.